The van der Waals surface area contributed by atoms with Crippen molar-refractivity contribution in [3.05, 3.63) is 41.6 Å². The Hall–Kier alpha value is -2.48. The SMILES string of the molecule is O=C(NCc1cnco1)N1CCc2cnc(CC3CCOCC3)nc2C1. The quantitative estimate of drug-likeness (QED) is 0.895. The molecular weight excluding hydrogens is 334 g/mol. The fraction of sp³-hybridized carbons (Fsp3) is 0.556. The van der Waals surface area contributed by atoms with Gasteiger partial charge in [0.05, 0.1) is 25.0 Å². The predicted molar refractivity (Wildman–Crippen MR) is 92.1 cm³/mol. The van der Waals surface area contributed by atoms with Gasteiger partial charge < -0.3 is 19.4 Å². The first kappa shape index (κ1) is 17.0. The number of nitrogens with zero attached hydrogens (tertiary/aromatic N) is 4. The average molecular weight is 357 g/mol. The number of carbonyl (C=O) groups excluding carboxylic acids is 1. The van der Waals surface area contributed by atoms with Gasteiger partial charge in [0.15, 0.2) is 6.39 Å². The summed E-state index contributed by atoms with van der Waals surface area (Å²) < 4.78 is 10.6. The van der Waals surface area contributed by atoms with Gasteiger partial charge in [0, 0.05) is 32.4 Å². The third-order valence-corrected chi connectivity index (χ3v) is 4.99. The molecule has 2 aliphatic heterocycles. The van der Waals surface area contributed by atoms with Crippen molar-refractivity contribution in [2.75, 3.05) is 19.8 Å². The van der Waals surface area contributed by atoms with E-state index in [1.807, 2.05) is 6.20 Å². The summed E-state index contributed by atoms with van der Waals surface area (Å²) in [6.45, 7) is 3.17. The maximum absolute atomic E-state index is 12.4. The van der Waals surface area contributed by atoms with Crippen molar-refractivity contribution >= 4 is 6.03 Å². The minimum atomic E-state index is -0.114. The first-order valence-electron chi connectivity index (χ1n) is 9.09. The second kappa shape index (κ2) is 7.82. The van der Waals surface area contributed by atoms with Crippen LogP contribution in [0.3, 0.4) is 0 Å². The average Bonchev–Trinajstić information content (AvgIpc) is 3.20. The highest BCUT2D eigenvalue weighted by Crippen LogP contribution is 2.21. The molecule has 1 fully saturated rings. The van der Waals surface area contributed by atoms with Gasteiger partial charge in [-0.05, 0) is 30.7 Å². The number of carbonyl (C=O) groups is 1. The molecule has 26 heavy (non-hydrogen) atoms. The summed E-state index contributed by atoms with van der Waals surface area (Å²) in [4.78, 5) is 27.3. The van der Waals surface area contributed by atoms with E-state index in [2.05, 4.69) is 15.3 Å². The van der Waals surface area contributed by atoms with Crippen LogP contribution in [0.2, 0.25) is 0 Å². The number of rotatable bonds is 4. The normalized spacial score (nSPS) is 17.8. The number of urea groups is 1. The highest BCUT2D eigenvalue weighted by atomic mass is 16.5. The van der Waals surface area contributed by atoms with E-state index in [4.69, 9.17) is 14.1 Å². The molecule has 1 saturated heterocycles. The standard InChI is InChI=1S/C18H23N5O3/c24-18(21-10-15-9-19-12-26-15)23-4-1-14-8-20-17(22-16(14)11-23)7-13-2-5-25-6-3-13/h8-9,12-13H,1-7,10-11H2,(H,21,24). The van der Waals surface area contributed by atoms with Crippen LogP contribution in [0, 0.1) is 5.92 Å². The second-order valence-corrected chi connectivity index (χ2v) is 6.82. The number of amides is 2. The van der Waals surface area contributed by atoms with Gasteiger partial charge in [0.1, 0.15) is 11.6 Å². The van der Waals surface area contributed by atoms with E-state index in [0.717, 1.165) is 56.0 Å². The molecule has 8 nitrogen and oxygen atoms in total. The lowest BCUT2D eigenvalue weighted by Crippen LogP contribution is -2.42. The Bertz CT molecular complexity index is 743. The van der Waals surface area contributed by atoms with Gasteiger partial charge in [-0.25, -0.2) is 19.7 Å². The fourth-order valence-corrected chi connectivity index (χ4v) is 3.43. The van der Waals surface area contributed by atoms with Crippen LogP contribution in [-0.2, 0) is 30.7 Å². The molecule has 0 radical (unpaired) electrons. The molecule has 2 aliphatic rings. The molecule has 2 aromatic rings. The van der Waals surface area contributed by atoms with Crippen LogP contribution < -0.4 is 5.32 Å². The monoisotopic (exact) mass is 357 g/mol. The zero-order chi connectivity index (χ0) is 17.8. The van der Waals surface area contributed by atoms with Gasteiger partial charge in [-0.1, -0.05) is 0 Å². The molecule has 2 amide bonds. The van der Waals surface area contributed by atoms with Crippen molar-refractivity contribution in [2.24, 2.45) is 5.92 Å². The zero-order valence-corrected chi connectivity index (χ0v) is 14.7. The summed E-state index contributed by atoms with van der Waals surface area (Å²) in [5.41, 5.74) is 2.10. The molecule has 0 saturated carbocycles. The van der Waals surface area contributed by atoms with Crippen molar-refractivity contribution < 1.29 is 13.9 Å². The van der Waals surface area contributed by atoms with E-state index in [0.29, 0.717) is 31.3 Å². The maximum atomic E-state index is 12.4. The van der Waals surface area contributed by atoms with E-state index in [1.165, 1.54) is 6.39 Å². The Kier molecular flexibility index (Phi) is 5.10. The van der Waals surface area contributed by atoms with Gasteiger partial charge in [-0.3, -0.25) is 0 Å². The van der Waals surface area contributed by atoms with Crippen LogP contribution in [0.25, 0.3) is 0 Å². The zero-order valence-electron chi connectivity index (χ0n) is 14.7. The number of fused-ring (bicyclic) bond motifs is 1. The lowest BCUT2D eigenvalue weighted by atomic mass is 9.96. The van der Waals surface area contributed by atoms with E-state index in [-0.39, 0.29) is 6.03 Å². The lowest BCUT2D eigenvalue weighted by molar-refractivity contribution is 0.0659. The molecule has 4 heterocycles. The minimum absolute atomic E-state index is 0.114. The van der Waals surface area contributed by atoms with Crippen molar-refractivity contribution in [2.45, 2.75) is 38.8 Å². The minimum Gasteiger partial charge on any atom is -0.447 e. The second-order valence-electron chi connectivity index (χ2n) is 6.82. The lowest BCUT2D eigenvalue weighted by Gasteiger charge is -2.28. The summed E-state index contributed by atoms with van der Waals surface area (Å²) in [5.74, 6) is 2.10. The van der Waals surface area contributed by atoms with Gasteiger partial charge >= 0.3 is 6.03 Å². The van der Waals surface area contributed by atoms with Gasteiger partial charge in [0.25, 0.3) is 0 Å². The number of nitrogens with one attached hydrogen (secondary N) is 1. The van der Waals surface area contributed by atoms with E-state index >= 15 is 0 Å². The Morgan fingerprint density at radius 3 is 3.00 bits per heavy atom. The molecule has 138 valence electrons. The summed E-state index contributed by atoms with van der Waals surface area (Å²) in [7, 11) is 0. The summed E-state index contributed by atoms with van der Waals surface area (Å²) in [5, 5.41) is 2.86. The number of oxazole rings is 1. The van der Waals surface area contributed by atoms with Gasteiger partial charge in [-0.15, -0.1) is 0 Å². The first-order chi connectivity index (χ1) is 12.8. The number of ether oxygens (including phenoxy) is 1. The summed E-state index contributed by atoms with van der Waals surface area (Å²) in [6.07, 6.45) is 8.68. The van der Waals surface area contributed by atoms with E-state index in [9.17, 15) is 4.79 Å². The molecule has 0 atom stereocenters. The Balaban J connectivity index is 1.37. The summed E-state index contributed by atoms with van der Waals surface area (Å²) in [6, 6.07) is -0.114. The molecule has 0 aliphatic carbocycles. The van der Waals surface area contributed by atoms with Crippen molar-refractivity contribution in [3.8, 4) is 0 Å². The predicted octanol–water partition coefficient (Wildman–Crippen LogP) is 1.70. The van der Waals surface area contributed by atoms with Crippen LogP contribution in [0.15, 0.2) is 23.2 Å². The molecule has 0 aromatic carbocycles. The smallest absolute Gasteiger partial charge is 0.318 e. The van der Waals surface area contributed by atoms with E-state index < -0.39 is 0 Å². The van der Waals surface area contributed by atoms with Gasteiger partial charge in [0.2, 0.25) is 0 Å². The Morgan fingerprint density at radius 1 is 1.31 bits per heavy atom. The third kappa shape index (κ3) is 4.01. The molecule has 2 aromatic heterocycles. The molecule has 4 rings (SSSR count). The molecule has 0 spiro atoms. The van der Waals surface area contributed by atoms with Crippen LogP contribution >= 0.6 is 0 Å². The van der Waals surface area contributed by atoms with Crippen molar-refractivity contribution in [1.29, 1.82) is 0 Å². The van der Waals surface area contributed by atoms with Gasteiger partial charge in [-0.2, -0.15) is 0 Å². The molecule has 0 unspecified atom stereocenters. The van der Waals surface area contributed by atoms with Crippen LogP contribution in [-0.4, -0.2) is 45.6 Å². The largest absolute Gasteiger partial charge is 0.447 e. The summed E-state index contributed by atoms with van der Waals surface area (Å²) >= 11 is 0. The molecule has 0 bridgehead atoms. The maximum Gasteiger partial charge on any atom is 0.318 e. The number of hydrogen-bond acceptors (Lipinski definition) is 6. The van der Waals surface area contributed by atoms with Crippen molar-refractivity contribution in [1.82, 2.24) is 25.2 Å². The van der Waals surface area contributed by atoms with E-state index in [1.54, 1.807) is 11.1 Å². The third-order valence-electron chi connectivity index (χ3n) is 4.99. The number of hydrogen-bond donors (Lipinski definition) is 1. The van der Waals surface area contributed by atoms with Crippen LogP contribution in [0.1, 0.15) is 35.7 Å². The Morgan fingerprint density at radius 2 is 2.19 bits per heavy atom. The highest BCUT2D eigenvalue weighted by molar-refractivity contribution is 5.74. The Labute approximate surface area is 152 Å². The van der Waals surface area contributed by atoms with Crippen molar-refractivity contribution in [3.63, 3.8) is 0 Å². The molecule has 1 N–H and O–H groups in total. The topological polar surface area (TPSA) is 93.4 Å². The molecular formula is C18H23N5O3. The van der Waals surface area contributed by atoms with Crippen LogP contribution in [0.5, 0.6) is 0 Å². The fourth-order valence-electron chi connectivity index (χ4n) is 3.43. The number of aromatic nitrogens is 3. The highest BCUT2D eigenvalue weighted by Gasteiger charge is 2.23. The molecule has 8 heteroatoms. The first-order valence-corrected chi connectivity index (χ1v) is 9.09. The van der Waals surface area contributed by atoms with Crippen LogP contribution in [0.4, 0.5) is 4.79 Å².